The maximum absolute atomic E-state index is 10.3. The lowest BCUT2D eigenvalue weighted by Gasteiger charge is -1.88. The largest absolute Gasteiger partial charge is 0.296 e. The Hall–Kier alpha value is -0.640. The Balaban J connectivity index is 3.30. The van der Waals surface area contributed by atoms with Gasteiger partial charge in [-0.25, -0.2) is 0 Å². The molecule has 0 radical (unpaired) electrons. The minimum Gasteiger partial charge on any atom is -0.296 e. The van der Waals surface area contributed by atoms with Crippen LogP contribution in [0.5, 0.6) is 0 Å². The van der Waals surface area contributed by atoms with Crippen LogP contribution in [-0.2, 0) is 7.05 Å². The molecule has 0 atom stereocenters. The van der Waals surface area contributed by atoms with Crippen molar-refractivity contribution in [3.05, 3.63) is 15.9 Å². The van der Waals surface area contributed by atoms with Crippen LogP contribution in [0.2, 0.25) is 0 Å². The summed E-state index contributed by atoms with van der Waals surface area (Å²) in [5.74, 6) is 0. The molecule has 54 valence electrons. The fourth-order valence-corrected chi connectivity index (χ4v) is 1.02. The molecule has 0 bridgehead atoms. The van der Waals surface area contributed by atoms with Gasteiger partial charge in [0.1, 0.15) is 10.3 Å². The summed E-state index contributed by atoms with van der Waals surface area (Å²) in [6.45, 7) is 1.85. The van der Waals surface area contributed by atoms with Gasteiger partial charge >= 0.3 is 0 Å². The van der Waals surface area contributed by atoms with Crippen molar-refractivity contribution in [2.75, 3.05) is 0 Å². The van der Waals surface area contributed by atoms with Crippen molar-refractivity contribution in [1.29, 1.82) is 0 Å². The summed E-state index contributed by atoms with van der Waals surface area (Å²) in [4.78, 5) is 10.3. The number of halogens is 1. The summed E-state index contributed by atoms with van der Waals surface area (Å²) in [6.07, 6.45) is 0.750. The molecule has 0 amide bonds. The third-order valence-electron chi connectivity index (χ3n) is 1.35. The van der Waals surface area contributed by atoms with Crippen molar-refractivity contribution < 1.29 is 4.79 Å². The lowest BCUT2D eigenvalue weighted by Crippen LogP contribution is -1.90. The van der Waals surface area contributed by atoms with E-state index in [0.717, 1.165) is 16.5 Å². The van der Waals surface area contributed by atoms with Crippen molar-refractivity contribution in [2.45, 2.75) is 6.92 Å². The zero-order valence-electron chi connectivity index (χ0n) is 5.76. The summed E-state index contributed by atoms with van der Waals surface area (Å²) in [5, 5.41) is 3.93. The van der Waals surface area contributed by atoms with Crippen LogP contribution < -0.4 is 0 Å². The van der Waals surface area contributed by atoms with E-state index in [4.69, 9.17) is 0 Å². The van der Waals surface area contributed by atoms with Gasteiger partial charge in [-0.05, 0) is 22.9 Å². The number of nitrogens with zero attached hydrogens (tertiary/aromatic N) is 2. The third-order valence-corrected chi connectivity index (χ3v) is 2.46. The highest BCUT2D eigenvalue weighted by Gasteiger charge is 2.07. The Bertz CT molecular complexity index is 267. The van der Waals surface area contributed by atoms with Crippen molar-refractivity contribution in [3.63, 3.8) is 0 Å². The summed E-state index contributed by atoms with van der Waals surface area (Å²) >= 11 is 3.28. The maximum Gasteiger partial charge on any atom is 0.170 e. The highest BCUT2D eigenvalue weighted by atomic mass is 79.9. The van der Waals surface area contributed by atoms with E-state index in [9.17, 15) is 4.79 Å². The van der Waals surface area contributed by atoms with Crippen LogP contribution in [0.4, 0.5) is 0 Å². The molecule has 1 heterocycles. The topological polar surface area (TPSA) is 34.9 Å². The van der Waals surface area contributed by atoms with Gasteiger partial charge in [-0.2, -0.15) is 5.10 Å². The molecule has 10 heavy (non-hydrogen) atoms. The second-order valence-electron chi connectivity index (χ2n) is 2.04. The minimum absolute atomic E-state index is 0.495. The highest BCUT2D eigenvalue weighted by Crippen LogP contribution is 2.16. The standard InChI is InChI=1S/C6H7BrN2O/c1-4-5(3-10)8-9(2)6(4)7/h3H,1-2H3. The first-order valence-electron chi connectivity index (χ1n) is 2.81. The number of carbonyl (C=O) groups excluding carboxylic acids is 1. The first-order valence-corrected chi connectivity index (χ1v) is 3.60. The number of carbonyl (C=O) groups is 1. The molecule has 1 aromatic rings. The van der Waals surface area contributed by atoms with Crippen molar-refractivity contribution in [2.24, 2.45) is 7.05 Å². The molecule has 0 fully saturated rings. The lowest BCUT2D eigenvalue weighted by molar-refractivity contribution is 0.111. The fourth-order valence-electron chi connectivity index (χ4n) is 0.741. The van der Waals surface area contributed by atoms with E-state index >= 15 is 0 Å². The highest BCUT2D eigenvalue weighted by molar-refractivity contribution is 9.10. The second-order valence-corrected chi connectivity index (χ2v) is 2.79. The molecule has 4 heteroatoms. The predicted molar refractivity (Wildman–Crippen MR) is 41.0 cm³/mol. The molecule has 0 unspecified atom stereocenters. The first-order chi connectivity index (χ1) is 4.66. The Labute approximate surface area is 67.2 Å². The maximum atomic E-state index is 10.3. The Morgan fingerprint density at radius 2 is 2.30 bits per heavy atom. The van der Waals surface area contributed by atoms with Crippen molar-refractivity contribution in [3.8, 4) is 0 Å². The van der Waals surface area contributed by atoms with Crippen molar-refractivity contribution in [1.82, 2.24) is 9.78 Å². The molecule has 0 saturated carbocycles. The van der Waals surface area contributed by atoms with Gasteiger partial charge in [-0.1, -0.05) is 0 Å². The first kappa shape index (κ1) is 7.47. The number of hydrogen-bond donors (Lipinski definition) is 0. The molecule has 0 aromatic carbocycles. The van der Waals surface area contributed by atoms with E-state index in [2.05, 4.69) is 21.0 Å². The van der Waals surface area contributed by atoms with Crippen molar-refractivity contribution >= 4 is 22.2 Å². The molecule has 0 aliphatic heterocycles. The molecule has 1 aromatic heterocycles. The second kappa shape index (κ2) is 2.54. The lowest BCUT2D eigenvalue weighted by atomic mass is 10.3. The molecule has 0 aliphatic rings. The van der Waals surface area contributed by atoms with E-state index in [1.807, 2.05) is 6.92 Å². The van der Waals surface area contributed by atoms with E-state index in [0.29, 0.717) is 5.69 Å². The summed E-state index contributed by atoms with van der Waals surface area (Å²) in [7, 11) is 1.78. The zero-order valence-corrected chi connectivity index (χ0v) is 7.34. The molecule has 0 saturated heterocycles. The Kier molecular flexibility index (Phi) is 1.89. The third kappa shape index (κ3) is 0.988. The Morgan fingerprint density at radius 1 is 1.70 bits per heavy atom. The van der Waals surface area contributed by atoms with Crippen LogP contribution in [0.15, 0.2) is 4.60 Å². The van der Waals surface area contributed by atoms with Gasteiger partial charge in [-0.15, -0.1) is 0 Å². The number of hydrogen-bond acceptors (Lipinski definition) is 2. The summed E-state index contributed by atoms with van der Waals surface area (Å²) in [6, 6.07) is 0. The van der Waals surface area contributed by atoms with Gasteiger partial charge < -0.3 is 0 Å². The molecular formula is C6H7BrN2O. The summed E-state index contributed by atoms with van der Waals surface area (Å²) in [5.41, 5.74) is 1.38. The molecule has 1 rings (SSSR count). The van der Waals surface area contributed by atoms with Gasteiger partial charge in [0, 0.05) is 12.6 Å². The summed E-state index contributed by atoms with van der Waals surface area (Å²) < 4.78 is 2.48. The fraction of sp³-hybridized carbons (Fsp3) is 0.333. The van der Waals surface area contributed by atoms with E-state index < -0.39 is 0 Å². The monoisotopic (exact) mass is 202 g/mol. The Morgan fingerprint density at radius 3 is 2.50 bits per heavy atom. The van der Waals surface area contributed by atoms with Crippen LogP contribution in [0.1, 0.15) is 16.1 Å². The number of aldehydes is 1. The quantitative estimate of drug-likeness (QED) is 0.644. The van der Waals surface area contributed by atoms with E-state index in [-0.39, 0.29) is 0 Å². The van der Waals surface area contributed by atoms with E-state index in [1.54, 1.807) is 11.7 Å². The van der Waals surface area contributed by atoms with Gasteiger partial charge in [0.15, 0.2) is 6.29 Å². The SMILES string of the molecule is Cc1c(C=O)nn(C)c1Br. The predicted octanol–water partition coefficient (Wildman–Crippen LogP) is 1.30. The van der Waals surface area contributed by atoms with Gasteiger partial charge in [0.2, 0.25) is 0 Å². The molecule has 0 N–H and O–H groups in total. The van der Waals surface area contributed by atoms with Gasteiger partial charge in [0.25, 0.3) is 0 Å². The van der Waals surface area contributed by atoms with Gasteiger partial charge in [0.05, 0.1) is 0 Å². The van der Waals surface area contributed by atoms with Crippen LogP contribution in [0.3, 0.4) is 0 Å². The molecule has 0 aliphatic carbocycles. The van der Waals surface area contributed by atoms with Crippen LogP contribution in [-0.4, -0.2) is 16.1 Å². The number of aromatic nitrogens is 2. The van der Waals surface area contributed by atoms with Gasteiger partial charge in [-0.3, -0.25) is 9.48 Å². The number of rotatable bonds is 1. The van der Waals surface area contributed by atoms with Crippen LogP contribution >= 0.6 is 15.9 Å². The average Bonchev–Trinajstić information content (AvgIpc) is 2.17. The smallest absolute Gasteiger partial charge is 0.170 e. The average molecular weight is 203 g/mol. The molecule has 0 spiro atoms. The normalized spacial score (nSPS) is 9.90. The molecule has 3 nitrogen and oxygen atoms in total. The van der Waals surface area contributed by atoms with Crippen LogP contribution in [0, 0.1) is 6.92 Å². The van der Waals surface area contributed by atoms with Crippen LogP contribution in [0.25, 0.3) is 0 Å². The molecular weight excluding hydrogens is 196 g/mol. The number of aryl methyl sites for hydroxylation is 1. The minimum atomic E-state index is 0.495. The zero-order chi connectivity index (χ0) is 7.72. The van der Waals surface area contributed by atoms with E-state index in [1.165, 1.54) is 0 Å².